The van der Waals surface area contributed by atoms with Crippen LogP contribution in [-0.4, -0.2) is 44.1 Å². The highest BCUT2D eigenvalue weighted by atomic mass is 19.1. The molecular formula is C22H20FN5O3. The fourth-order valence-corrected chi connectivity index (χ4v) is 3.52. The summed E-state index contributed by atoms with van der Waals surface area (Å²) in [5.74, 6) is -0.738. The molecule has 3 aromatic rings. The molecule has 3 N–H and O–H groups in total. The first-order valence-corrected chi connectivity index (χ1v) is 9.77. The fourth-order valence-electron chi connectivity index (χ4n) is 3.52. The molecule has 0 bridgehead atoms. The van der Waals surface area contributed by atoms with Gasteiger partial charge in [-0.2, -0.15) is 0 Å². The minimum atomic E-state index is -1.09. The van der Waals surface area contributed by atoms with Crippen LogP contribution in [0.15, 0.2) is 55.1 Å². The van der Waals surface area contributed by atoms with Crippen LogP contribution < -0.4 is 10.6 Å². The molecule has 0 unspecified atom stereocenters. The van der Waals surface area contributed by atoms with Crippen LogP contribution in [0.4, 0.5) is 9.18 Å². The molecule has 2 heterocycles. The van der Waals surface area contributed by atoms with Gasteiger partial charge < -0.3 is 15.7 Å². The lowest BCUT2D eigenvalue weighted by molar-refractivity contribution is 0.0905. The van der Waals surface area contributed by atoms with Gasteiger partial charge in [-0.05, 0) is 37.5 Å². The molecule has 158 valence electrons. The average Bonchev–Trinajstić information content (AvgIpc) is 2.75. The lowest BCUT2D eigenvalue weighted by Crippen LogP contribution is -2.59. The Morgan fingerprint density at radius 1 is 1.00 bits per heavy atom. The molecular weight excluding hydrogens is 401 g/mol. The molecule has 0 radical (unpaired) electrons. The smallest absolute Gasteiger partial charge is 0.405 e. The molecule has 4 rings (SSSR count). The molecule has 2 aromatic heterocycles. The molecule has 0 atom stereocenters. The maximum absolute atomic E-state index is 13.4. The Morgan fingerprint density at radius 3 is 2.29 bits per heavy atom. The highest BCUT2D eigenvalue weighted by Crippen LogP contribution is 2.31. The van der Waals surface area contributed by atoms with Crippen LogP contribution in [0.25, 0.3) is 22.5 Å². The Hall–Kier alpha value is -3.88. The number of benzene rings is 1. The minimum absolute atomic E-state index is 0.245. The highest BCUT2D eigenvalue weighted by Gasteiger charge is 2.38. The van der Waals surface area contributed by atoms with E-state index in [1.165, 1.54) is 18.5 Å². The van der Waals surface area contributed by atoms with Crippen molar-refractivity contribution >= 4 is 12.0 Å². The Kier molecular flexibility index (Phi) is 5.57. The van der Waals surface area contributed by atoms with Gasteiger partial charge in [0.1, 0.15) is 5.82 Å². The molecule has 1 fully saturated rings. The third-order valence-electron chi connectivity index (χ3n) is 5.35. The van der Waals surface area contributed by atoms with Crippen molar-refractivity contribution in [1.82, 2.24) is 25.6 Å². The number of aromatic nitrogens is 3. The van der Waals surface area contributed by atoms with Crippen LogP contribution in [0.5, 0.6) is 0 Å². The van der Waals surface area contributed by atoms with Crippen LogP contribution in [0.1, 0.15) is 29.6 Å². The zero-order valence-corrected chi connectivity index (χ0v) is 16.5. The summed E-state index contributed by atoms with van der Waals surface area (Å²) in [4.78, 5) is 36.0. The number of carbonyl (C=O) groups excluding carboxylic acids is 1. The topological polar surface area (TPSA) is 117 Å². The predicted molar refractivity (Wildman–Crippen MR) is 111 cm³/mol. The second-order valence-electron chi connectivity index (χ2n) is 7.51. The van der Waals surface area contributed by atoms with E-state index in [1.807, 2.05) is 0 Å². The molecule has 1 saturated carbocycles. The molecule has 0 aliphatic heterocycles. The van der Waals surface area contributed by atoms with E-state index < -0.39 is 17.4 Å². The third-order valence-corrected chi connectivity index (χ3v) is 5.35. The molecule has 1 aliphatic rings. The molecule has 0 saturated heterocycles. The number of nitrogens with one attached hydrogen (secondary N) is 2. The first-order valence-electron chi connectivity index (χ1n) is 9.77. The monoisotopic (exact) mass is 421 g/mol. The van der Waals surface area contributed by atoms with Gasteiger partial charge in [-0.15, -0.1) is 0 Å². The molecule has 31 heavy (non-hydrogen) atoms. The van der Waals surface area contributed by atoms with Gasteiger partial charge in [-0.3, -0.25) is 14.8 Å². The van der Waals surface area contributed by atoms with Gasteiger partial charge in [0.05, 0.1) is 35.5 Å². The van der Waals surface area contributed by atoms with Crippen molar-refractivity contribution in [2.75, 3.05) is 6.54 Å². The summed E-state index contributed by atoms with van der Waals surface area (Å²) in [7, 11) is 0. The van der Waals surface area contributed by atoms with E-state index in [9.17, 15) is 14.0 Å². The number of nitrogens with zero attached hydrogens (tertiary/aromatic N) is 3. The van der Waals surface area contributed by atoms with Crippen LogP contribution >= 0.6 is 0 Å². The Labute approximate surface area is 177 Å². The Balaban J connectivity index is 1.45. The van der Waals surface area contributed by atoms with E-state index in [-0.39, 0.29) is 12.5 Å². The first kappa shape index (κ1) is 20.4. The van der Waals surface area contributed by atoms with Crippen LogP contribution in [0, 0.1) is 5.82 Å². The summed E-state index contributed by atoms with van der Waals surface area (Å²) in [6.07, 6.45) is 7.00. The third kappa shape index (κ3) is 4.66. The van der Waals surface area contributed by atoms with Crippen molar-refractivity contribution in [2.24, 2.45) is 0 Å². The van der Waals surface area contributed by atoms with Crippen LogP contribution in [0.3, 0.4) is 0 Å². The summed E-state index contributed by atoms with van der Waals surface area (Å²) in [6, 6.07) is 8.17. The van der Waals surface area contributed by atoms with Gasteiger partial charge >= 0.3 is 6.09 Å². The number of rotatable bonds is 6. The quantitative estimate of drug-likeness (QED) is 0.562. The van der Waals surface area contributed by atoms with Crippen molar-refractivity contribution in [3.8, 4) is 22.5 Å². The Bertz CT molecular complexity index is 1120. The van der Waals surface area contributed by atoms with Gasteiger partial charge in [-0.25, -0.2) is 14.2 Å². The highest BCUT2D eigenvalue weighted by molar-refractivity contribution is 5.94. The van der Waals surface area contributed by atoms with E-state index in [2.05, 4.69) is 25.6 Å². The van der Waals surface area contributed by atoms with Gasteiger partial charge in [-0.1, -0.05) is 12.1 Å². The number of carbonyl (C=O) groups is 2. The zero-order chi connectivity index (χ0) is 21.8. The SMILES string of the molecule is O=C(O)NC1(CNC(=O)c2ccc(-c3cncc(-c4cncc(F)c4)n3)cc2)CCC1. The fraction of sp³-hybridized carbons (Fsp3) is 0.227. The second-order valence-corrected chi connectivity index (χ2v) is 7.51. The second kappa shape index (κ2) is 8.47. The zero-order valence-electron chi connectivity index (χ0n) is 16.5. The van der Waals surface area contributed by atoms with E-state index in [4.69, 9.17) is 5.11 Å². The molecule has 1 aliphatic carbocycles. The summed E-state index contributed by atoms with van der Waals surface area (Å²) < 4.78 is 13.4. The largest absolute Gasteiger partial charge is 0.465 e. The number of hydrogen-bond donors (Lipinski definition) is 3. The molecule has 9 heteroatoms. The number of pyridine rings is 1. The van der Waals surface area contributed by atoms with E-state index in [0.29, 0.717) is 35.4 Å². The van der Waals surface area contributed by atoms with Crippen molar-refractivity contribution < 1.29 is 19.1 Å². The molecule has 8 nitrogen and oxygen atoms in total. The molecule has 2 amide bonds. The van der Waals surface area contributed by atoms with Crippen LogP contribution in [0.2, 0.25) is 0 Å². The summed E-state index contributed by atoms with van der Waals surface area (Å²) in [5, 5.41) is 14.3. The van der Waals surface area contributed by atoms with Gasteiger partial charge in [0, 0.05) is 29.4 Å². The van der Waals surface area contributed by atoms with E-state index in [1.54, 1.807) is 30.5 Å². The van der Waals surface area contributed by atoms with Crippen molar-refractivity contribution in [1.29, 1.82) is 0 Å². The van der Waals surface area contributed by atoms with Crippen LogP contribution in [-0.2, 0) is 0 Å². The first-order chi connectivity index (χ1) is 14.9. The van der Waals surface area contributed by atoms with Crippen molar-refractivity contribution in [3.63, 3.8) is 0 Å². The van der Waals surface area contributed by atoms with Gasteiger partial charge in [0.25, 0.3) is 5.91 Å². The number of amides is 2. The van der Waals surface area contributed by atoms with Crippen molar-refractivity contribution in [2.45, 2.75) is 24.8 Å². The van der Waals surface area contributed by atoms with E-state index in [0.717, 1.165) is 18.2 Å². The summed E-state index contributed by atoms with van der Waals surface area (Å²) in [6.45, 7) is 0.245. The minimum Gasteiger partial charge on any atom is -0.465 e. The summed E-state index contributed by atoms with van der Waals surface area (Å²) >= 11 is 0. The Morgan fingerprint density at radius 2 is 1.68 bits per heavy atom. The average molecular weight is 421 g/mol. The maximum atomic E-state index is 13.4. The van der Waals surface area contributed by atoms with E-state index >= 15 is 0 Å². The van der Waals surface area contributed by atoms with Gasteiger partial charge in [0.2, 0.25) is 0 Å². The normalized spacial score (nSPS) is 14.4. The summed E-state index contributed by atoms with van der Waals surface area (Å²) in [5.41, 5.74) is 2.20. The molecule has 1 aromatic carbocycles. The molecule has 0 spiro atoms. The van der Waals surface area contributed by atoms with Crippen molar-refractivity contribution in [3.05, 3.63) is 66.5 Å². The number of carboxylic acid groups (broad SMARTS) is 1. The lowest BCUT2D eigenvalue weighted by atomic mass is 9.76. The maximum Gasteiger partial charge on any atom is 0.405 e. The number of halogens is 1. The lowest BCUT2D eigenvalue weighted by Gasteiger charge is -2.41. The standard InChI is InChI=1S/C22H20FN5O3/c23-17-8-16(9-24-10-17)19-12-25-11-18(27-19)14-2-4-15(5-3-14)20(29)26-13-22(6-1-7-22)28-21(30)31/h2-5,8-12,28H,1,6-7,13H2,(H,26,29)(H,30,31). The van der Waals surface area contributed by atoms with Gasteiger partial charge in [0.15, 0.2) is 0 Å². The number of hydrogen-bond acceptors (Lipinski definition) is 5. The predicted octanol–water partition coefficient (Wildman–Crippen LogP) is 3.26.